The summed E-state index contributed by atoms with van der Waals surface area (Å²) in [7, 11) is 0. The molecule has 2 aliphatic heterocycles. The van der Waals surface area contributed by atoms with Gasteiger partial charge in [0.05, 0.1) is 18.6 Å². The number of nitrogens with zero attached hydrogens (tertiary/aromatic N) is 1. The summed E-state index contributed by atoms with van der Waals surface area (Å²) < 4.78 is 23.9. The van der Waals surface area contributed by atoms with Gasteiger partial charge in [-0.05, 0) is 25.0 Å². The van der Waals surface area contributed by atoms with E-state index in [2.05, 4.69) is 0 Å². The molecule has 2 aliphatic rings. The standard InChI is InChI=1S/C18H22FNO5/c19-14-3-1-4-15(9-14)25-7-2-5-16(21)20-10-13-11-24-8-6-18(13,12-20)17(22)23/h1,3-4,9,13H,2,5-8,10-12H2,(H,22,23)/t13-,18+/m0/s1. The van der Waals surface area contributed by atoms with Gasteiger partial charge >= 0.3 is 5.97 Å². The number of benzene rings is 1. The van der Waals surface area contributed by atoms with Crippen LogP contribution in [0.1, 0.15) is 19.3 Å². The van der Waals surface area contributed by atoms with Gasteiger partial charge in [-0.2, -0.15) is 0 Å². The number of fused-ring (bicyclic) bond motifs is 1. The Kier molecular flexibility index (Phi) is 5.22. The summed E-state index contributed by atoms with van der Waals surface area (Å²) in [6.07, 6.45) is 1.21. The topological polar surface area (TPSA) is 76.1 Å². The summed E-state index contributed by atoms with van der Waals surface area (Å²) in [5.41, 5.74) is -0.869. The van der Waals surface area contributed by atoms with Crippen molar-refractivity contribution in [3.63, 3.8) is 0 Å². The Bertz CT molecular complexity index is 652. The quantitative estimate of drug-likeness (QED) is 0.793. The second kappa shape index (κ2) is 7.39. The number of aliphatic carboxylic acids is 1. The normalized spacial score (nSPS) is 25.5. The van der Waals surface area contributed by atoms with E-state index in [1.807, 2.05) is 0 Å². The lowest BCUT2D eigenvalue weighted by molar-refractivity contribution is -0.157. The SMILES string of the molecule is O=C(CCCOc1cccc(F)c1)N1C[C@H]2COCC[C@@]2(C(=O)O)C1. The maximum absolute atomic E-state index is 13.1. The molecule has 0 bridgehead atoms. The van der Waals surface area contributed by atoms with Crippen molar-refractivity contribution in [2.24, 2.45) is 11.3 Å². The van der Waals surface area contributed by atoms with Crippen LogP contribution in [0.3, 0.4) is 0 Å². The number of carbonyl (C=O) groups is 2. The predicted molar refractivity (Wildman–Crippen MR) is 86.7 cm³/mol. The van der Waals surface area contributed by atoms with Crippen LogP contribution >= 0.6 is 0 Å². The number of rotatable bonds is 6. The first-order valence-corrected chi connectivity index (χ1v) is 8.48. The van der Waals surface area contributed by atoms with Gasteiger partial charge in [-0.3, -0.25) is 9.59 Å². The predicted octanol–water partition coefficient (Wildman–Crippen LogP) is 1.93. The van der Waals surface area contributed by atoms with Crippen LogP contribution < -0.4 is 4.74 Å². The van der Waals surface area contributed by atoms with Crippen molar-refractivity contribution in [3.05, 3.63) is 30.1 Å². The van der Waals surface area contributed by atoms with E-state index in [0.717, 1.165) is 0 Å². The third-order valence-corrected chi connectivity index (χ3v) is 5.09. The molecule has 0 unspecified atom stereocenters. The molecule has 3 rings (SSSR count). The molecule has 1 amide bonds. The molecule has 2 heterocycles. The van der Waals surface area contributed by atoms with E-state index >= 15 is 0 Å². The third-order valence-electron chi connectivity index (χ3n) is 5.09. The number of likely N-dealkylation sites (tertiary alicyclic amines) is 1. The molecule has 7 heteroatoms. The van der Waals surface area contributed by atoms with Gasteiger partial charge in [-0.1, -0.05) is 6.07 Å². The monoisotopic (exact) mass is 351 g/mol. The van der Waals surface area contributed by atoms with Crippen molar-refractivity contribution < 1.29 is 28.6 Å². The Morgan fingerprint density at radius 3 is 3.00 bits per heavy atom. The summed E-state index contributed by atoms with van der Waals surface area (Å²) in [4.78, 5) is 25.8. The molecule has 0 radical (unpaired) electrons. The van der Waals surface area contributed by atoms with E-state index in [9.17, 15) is 19.1 Å². The molecule has 2 saturated heterocycles. The van der Waals surface area contributed by atoms with Crippen molar-refractivity contribution >= 4 is 11.9 Å². The number of halogens is 1. The largest absolute Gasteiger partial charge is 0.493 e. The molecule has 2 fully saturated rings. The number of carboxylic acid groups (broad SMARTS) is 1. The highest BCUT2D eigenvalue weighted by atomic mass is 19.1. The molecule has 136 valence electrons. The van der Waals surface area contributed by atoms with Crippen LogP contribution in [0.2, 0.25) is 0 Å². The first-order chi connectivity index (χ1) is 12.0. The van der Waals surface area contributed by atoms with Crippen LogP contribution in [0.15, 0.2) is 24.3 Å². The second-order valence-electron chi connectivity index (χ2n) is 6.67. The smallest absolute Gasteiger partial charge is 0.311 e. The Balaban J connectivity index is 1.48. The molecule has 0 aliphatic carbocycles. The molecule has 2 atom stereocenters. The van der Waals surface area contributed by atoms with Crippen LogP contribution in [-0.4, -0.2) is 54.8 Å². The van der Waals surface area contributed by atoms with E-state index in [1.165, 1.54) is 12.1 Å². The minimum absolute atomic E-state index is 0.0714. The Morgan fingerprint density at radius 1 is 1.44 bits per heavy atom. The van der Waals surface area contributed by atoms with E-state index < -0.39 is 11.4 Å². The molecule has 0 aromatic heterocycles. The van der Waals surface area contributed by atoms with Gasteiger partial charge in [0, 0.05) is 38.1 Å². The first-order valence-electron chi connectivity index (χ1n) is 8.48. The molecule has 1 aromatic carbocycles. The molecule has 6 nitrogen and oxygen atoms in total. The van der Waals surface area contributed by atoms with Crippen LogP contribution in [0.25, 0.3) is 0 Å². The molecular weight excluding hydrogens is 329 g/mol. The number of carbonyl (C=O) groups excluding carboxylic acids is 1. The summed E-state index contributed by atoms with van der Waals surface area (Å²) >= 11 is 0. The maximum Gasteiger partial charge on any atom is 0.311 e. The Labute approximate surface area is 145 Å². The average Bonchev–Trinajstić information content (AvgIpc) is 3.00. The minimum Gasteiger partial charge on any atom is -0.493 e. The van der Waals surface area contributed by atoms with Gasteiger partial charge in [0.1, 0.15) is 11.6 Å². The number of hydrogen-bond acceptors (Lipinski definition) is 4. The van der Waals surface area contributed by atoms with Gasteiger partial charge in [0.15, 0.2) is 0 Å². The van der Waals surface area contributed by atoms with Crippen molar-refractivity contribution in [3.8, 4) is 5.75 Å². The Hall–Kier alpha value is -2.15. The lowest BCUT2D eigenvalue weighted by Gasteiger charge is -2.33. The number of carboxylic acids is 1. The molecule has 0 spiro atoms. The zero-order valence-corrected chi connectivity index (χ0v) is 13.9. The molecule has 1 aromatic rings. The van der Waals surface area contributed by atoms with Gasteiger partial charge in [-0.15, -0.1) is 0 Å². The summed E-state index contributed by atoms with van der Waals surface area (Å²) in [6.45, 7) is 1.79. The van der Waals surface area contributed by atoms with E-state index in [4.69, 9.17) is 9.47 Å². The first kappa shape index (κ1) is 17.7. The lowest BCUT2D eigenvalue weighted by Crippen LogP contribution is -2.45. The van der Waals surface area contributed by atoms with Gasteiger partial charge < -0.3 is 19.5 Å². The lowest BCUT2D eigenvalue weighted by atomic mass is 9.74. The van der Waals surface area contributed by atoms with Gasteiger partial charge in [0.2, 0.25) is 5.91 Å². The highest BCUT2D eigenvalue weighted by Crippen LogP contribution is 2.42. The molecular formula is C18H22FNO5. The summed E-state index contributed by atoms with van der Waals surface area (Å²) in [5, 5.41) is 9.62. The van der Waals surface area contributed by atoms with E-state index in [1.54, 1.807) is 17.0 Å². The van der Waals surface area contributed by atoms with E-state index in [-0.39, 0.29) is 30.6 Å². The number of amides is 1. The van der Waals surface area contributed by atoms with Crippen LogP contribution in [0, 0.1) is 17.2 Å². The highest BCUT2D eigenvalue weighted by molar-refractivity contribution is 5.81. The average molecular weight is 351 g/mol. The van der Waals surface area contributed by atoms with Crippen molar-refractivity contribution in [1.82, 2.24) is 4.90 Å². The fourth-order valence-corrected chi connectivity index (χ4v) is 3.62. The fraction of sp³-hybridized carbons (Fsp3) is 0.556. The fourth-order valence-electron chi connectivity index (χ4n) is 3.62. The third kappa shape index (κ3) is 3.76. The van der Waals surface area contributed by atoms with Crippen LogP contribution in [0.4, 0.5) is 4.39 Å². The maximum atomic E-state index is 13.1. The minimum atomic E-state index is -0.869. The molecule has 1 N–H and O–H groups in total. The summed E-state index contributed by atoms with van der Waals surface area (Å²) in [5.74, 6) is -0.995. The van der Waals surface area contributed by atoms with Gasteiger partial charge in [0.25, 0.3) is 0 Å². The van der Waals surface area contributed by atoms with Crippen LogP contribution in [-0.2, 0) is 14.3 Å². The number of hydrogen-bond donors (Lipinski definition) is 1. The number of ether oxygens (including phenoxy) is 2. The van der Waals surface area contributed by atoms with Crippen molar-refractivity contribution in [1.29, 1.82) is 0 Å². The van der Waals surface area contributed by atoms with E-state index in [0.29, 0.717) is 45.0 Å². The van der Waals surface area contributed by atoms with Crippen LogP contribution in [0.5, 0.6) is 5.75 Å². The highest BCUT2D eigenvalue weighted by Gasteiger charge is 2.54. The molecule has 25 heavy (non-hydrogen) atoms. The zero-order chi connectivity index (χ0) is 17.9. The zero-order valence-electron chi connectivity index (χ0n) is 13.9. The molecule has 0 saturated carbocycles. The summed E-state index contributed by atoms with van der Waals surface area (Å²) in [6, 6.07) is 5.86. The van der Waals surface area contributed by atoms with Crippen molar-refractivity contribution in [2.45, 2.75) is 19.3 Å². The van der Waals surface area contributed by atoms with Crippen molar-refractivity contribution in [2.75, 3.05) is 32.9 Å². The Morgan fingerprint density at radius 2 is 2.28 bits per heavy atom. The van der Waals surface area contributed by atoms with Gasteiger partial charge in [-0.25, -0.2) is 4.39 Å². The second-order valence-corrected chi connectivity index (χ2v) is 6.67.